The summed E-state index contributed by atoms with van der Waals surface area (Å²) in [4.78, 5) is 50.7. The Bertz CT molecular complexity index is 1370. The highest BCUT2D eigenvalue weighted by molar-refractivity contribution is 6.06. The van der Waals surface area contributed by atoms with E-state index >= 15 is 0 Å². The first kappa shape index (κ1) is 29.3. The molecule has 12 heteroatoms. The van der Waals surface area contributed by atoms with E-state index in [1.54, 1.807) is 68.4 Å². The van der Waals surface area contributed by atoms with Gasteiger partial charge in [0.05, 0.1) is 43.8 Å². The average Bonchev–Trinajstić information content (AvgIpc) is 2.99. The standard InChI is InChI=1S/C29H34N6O6/c1-18-15-35(19(2)17-36)28(38)22-6-5-7-23(33-27(37)24-14-30-12-13-31-24)26(22)41-25(18)16-34(3)29(39)32-20-8-10-21(40-4)11-9-20/h5-14,18-19,25,36H,15-17H2,1-4H3,(H,32,39)(H,33,37)/t18-,19+,25+/m1/s1. The van der Waals surface area contributed by atoms with Crippen LogP contribution in [0.5, 0.6) is 11.5 Å². The van der Waals surface area contributed by atoms with Gasteiger partial charge in [0.2, 0.25) is 0 Å². The molecular weight excluding hydrogens is 528 g/mol. The molecule has 4 rings (SSSR count). The van der Waals surface area contributed by atoms with Gasteiger partial charge < -0.3 is 35.0 Å². The Morgan fingerprint density at radius 3 is 2.61 bits per heavy atom. The highest BCUT2D eigenvalue weighted by atomic mass is 16.5. The molecule has 1 aliphatic rings. The Labute approximate surface area is 238 Å². The molecule has 0 bridgehead atoms. The van der Waals surface area contributed by atoms with Gasteiger partial charge >= 0.3 is 6.03 Å². The summed E-state index contributed by atoms with van der Waals surface area (Å²) in [6.45, 7) is 3.90. The van der Waals surface area contributed by atoms with Crippen molar-refractivity contribution in [2.75, 3.05) is 44.5 Å². The lowest BCUT2D eigenvalue weighted by Crippen LogP contribution is -2.50. The van der Waals surface area contributed by atoms with Gasteiger partial charge in [-0.3, -0.25) is 14.6 Å². The number of hydrogen-bond donors (Lipinski definition) is 3. The van der Waals surface area contributed by atoms with Crippen molar-refractivity contribution in [1.29, 1.82) is 0 Å². The van der Waals surface area contributed by atoms with Crippen molar-refractivity contribution < 1.29 is 29.0 Å². The molecule has 0 fully saturated rings. The van der Waals surface area contributed by atoms with Crippen LogP contribution in [0, 0.1) is 5.92 Å². The van der Waals surface area contributed by atoms with Crippen molar-refractivity contribution in [2.45, 2.75) is 26.0 Å². The lowest BCUT2D eigenvalue weighted by atomic mass is 9.99. The number of nitrogens with one attached hydrogen (secondary N) is 2. The number of anilines is 2. The Hall–Kier alpha value is -4.71. The van der Waals surface area contributed by atoms with E-state index in [2.05, 4.69) is 20.6 Å². The number of likely N-dealkylation sites (N-methyl/N-ethyl adjacent to an activating group) is 1. The summed E-state index contributed by atoms with van der Waals surface area (Å²) in [6.07, 6.45) is 3.63. The molecule has 0 unspecified atom stereocenters. The Kier molecular flexibility index (Phi) is 9.35. The fraction of sp³-hybridized carbons (Fsp3) is 0.345. The van der Waals surface area contributed by atoms with Gasteiger partial charge in [0, 0.05) is 37.6 Å². The van der Waals surface area contributed by atoms with E-state index in [-0.39, 0.29) is 60.2 Å². The molecule has 3 aromatic rings. The largest absolute Gasteiger partial charge is 0.497 e. The number of carbonyl (C=O) groups is 3. The normalized spacial score (nSPS) is 17.3. The quantitative estimate of drug-likeness (QED) is 0.380. The molecule has 12 nitrogen and oxygen atoms in total. The van der Waals surface area contributed by atoms with E-state index in [4.69, 9.17) is 9.47 Å². The fourth-order valence-electron chi connectivity index (χ4n) is 4.41. The number of urea groups is 1. The zero-order valence-corrected chi connectivity index (χ0v) is 23.4. The Balaban J connectivity index is 1.62. The number of hydrogen-bond acceptors (Lipinski definition) is 8. The van der Waals surface area contributed by atoms with Crippen molar-refractivity contribution in [2.24, 2.45) is 5.92 Å². The topological polar surface area (TPSA) is 146 Å². The van der Waals surface area contributed by atoms with Gasteiger partial charge in [-0.25, -0.2) is 9.78 Å². The monoisotopic (exact) mass is 562 g/mol. The highest BCUT2D eigenvalue weighted by Gasteiger charge is 2.35. The minimum atomic E-state index is -0.573. The molecule has 0 saturated heterocycles. The van der Waals surface area contributed by atoms with E-state index < -0.39 is 18.1 Å². The Morgan fingerprint density at radius 2 is 1.95 bits per heavy atom. The molecule has 0 saturated carbocycles. The van der Waals surface area contributed by atoms with Crippen LogP contribution >= 0.6 is 0 Å². The van der Waals surface area contributed by atoms with Crippen molar-refractivity contribution in [3.05, 3.63) is 72.3 Å². The van der Waals surface area contributed by atoms with E-state index in [0.717, 1.165) is 0 Å². The molecule has 4 amide bonds. The third kappa shape index (κ3) is 6.90. The van der Waals surface area contributed by atoms with E-state index in [9.17, 15) is 19.5 Å². The van der Waals surface area contributed by atoms with Crippen LogP contribution in [-0.4, -0.2) is 88.7 Å². The number of methoxy groups -OCH3 is 1. The van der Waals surface area contributed by atoms with Gasteiger partial charge in [-0.1, -0.05) is 13.0 Å². The smallest absolute Gasteiger partial charge is 0.321 e. The molecule has 1 aliphatic heterocycles. The number of amides is 4. The molecule has 3 N–H and O–H groups in total. The maximum absolute atomic E-state index is 13.6. The zero-order valence-electron chi connectivity index (χ0n) is 23.4. The van der Waals surface area contributed by atoms with E-state index in [0.29, 0.717) is 11.4 Å². The predicted molar refractivity (Wildman–Crippen MR) is 152 cm³/mol. The van der Waals surface area contributed by atoms with Gasteiger partial charge in [0.25, 0.3) is 11.8 Å². The summed E-state index contributed by atoms with van der Waals surface area (Å²) < 4.78 is 11.6. The van der Waals surface area contributed by atoms with Gasteiger partial charge in [0.1, 0.15) is 17.5 Å². The molecule has 2 aromatic carbocycles. The van der Waals surface area contributed by atoms with Crippen LogP contribution in [0.15, 0.2) is 61.1 Å². The number of para-hydroxylation sites is 1. The minimum Gasteiger partial charge on any atom is -0.497 e. The van der Waals surface area contributed by atoms with Crippen molar-refractivity contribution in [3.8, 4) is 11.5 Å². The van der Waals surface area contributed by atoms with Gasteiger partial charge in [-0.15, -0.1) is 0 Å². The predicted octanol–water partition coefficient (Wildman–Crippen LogP) is 3.12. The number of fused-ring (bicyclic) bond motifs is 1. The van der Waals surface area contributed by atoms with Gasteiger partial charge in [-0.05, 0) is 43.3 Å². The number of ether oxygens (including phenoxy) is 2. The van der Waals surface area contributed by atoms with E-state index in [1.165, 1.54) is 23.5 Å². The Morgan fingerprint density at radius 1 is 1.20 bits per heavy atom. The summed E-state index contributed by atoms with van der Waals surface area (Å²) in [7, 11) is 3.22. The summed E-state index contributed by atoms with van der Waals surface area (Å²) in [5.41, 5.74) is 1.19. The summed E-state index contributed by atoms with van der Waals surface area (Å²) in [6, 6.07) is 11.0. The number of aliphatic hydroxyl groups excluding tert-OH is 1. The lowest BCUT2D eigenvalue weighted by Gasteiger charge is -2.38. The molecule has 0 radical (unpaired) electrons. The SMILES string of the molecule is COc1ccc(NC(=O)N(C)C[C@@H]2Oc3c(NC(=O)c4cnccn4)cccc3C(=O)N([C@@H](C)CO)C[C@H]2C)cc1. The first-order valence-corrected chi connectivity index (χ1v) is 13.2. The first-order chi connectivity index (χ1) is 19.7. The molecule has 1 aromatic heterocycles. The fourth-order valence-corrected chi connectivity index (χ4v) is 4.41. The van der Waals surface area contributed by atoms with Crippen LogP contribution in [0.3, 0.4) is 0 Å². The molecule has 3 atom stereocenters. The number of aromatic nitrogens is 2. The number of rotatable bonds is 8. The lowest BCUT2D eigenvalue weighted by molar-refractivity contribution is 0.0372. The number of benzene rings is 2. The molecule has 216 valence electrons. The average molecular weight is 563 g/mol. The number of aliphatic hydroxyl groups is 1. The second-order valence-electron chi connectivity index (χ2n) is 9.89. The zero-order chi connectivity index (χ0) is 29.5. The van der Waals surface area contributed by atoms with Crippen LogP contribution in [0.2, 0.25) is 0 Å². The first-order valence-electron chi connectivity index (χ1n) is 13.2. The third-order valence-electron chi connectivity index (χ3n) is 6.88. The molecule has 0 aliphatic carbocycles. The maximum atomic E-state index is 13.6. The second kappa shape index (κ2) is 13.1. The van der Waals surface area contributed by atoms with E-state index in [1.807, 2.05) is 6.92 Å². The van der Waals surface area contributed by atoms with Crippen LogP contribution in [0.1, 0.15) is 34.7 Å². The third-order valence-corrected chi connectivity index (χ3v) is 6.88. The molecule has 0 spiro atoms. The van der Waals surface area contributed by atoms with Crippen LogP contribution < -0.4 is 20.1 Å². The van der Waals surface area contributed by atoms with Crippen molar-refractivity contribution >= 4 is 29.2 Å². The number of nitrogens with zero attached hydrogens (tertiary/aromatic N) is 4. The molecular formula is C29H34N6O6. The summed E-state index contributed by atoms with van der Waals surface area (Å²) >= 11 is 0. The van der Waals surface area contributed by atoms with Crippen LogP contribution in [-0.2, 0) is 0 Å². The summed E-state index contributed by atoms with van der Waals surface area (Å²) in [5.74, 6) is -0.268. The maximum Gasteiger partial charge on any atom is 0.321 e. The van der Waals surface area contributed by atoms with Crippen LogP contribution in [0.4, 0.5) is 16.2 Å². The van der Waals surface area contributed by atoms with Crippen LogP contribution in [0.25, 0.3) is 0 Å². The number of carbonyl (C=O) groups excluding carboxylic acids is 3. The van der Waals surface area contributed by atoms with Crippen molar-refractivity contribution in [1.82, 2.24) is 19.8 Å². The van der Waals surface area contributed by atoms with Gasteiger partial charge in [-0.2, -0.15) is 0 Å². The van der Waals surface area contributed by atoms with Crippen molar-refractivity contribution in [3.63, 3.8) is 0 Å². The minimum absolute atomic E-state index is 0.0951. The highest BCUT2D eigenvalue weighted by Crippen LogP contribution is 2.35. The van der Waals surface area contributed by atoms with Gasteiger partial charge in [0.15, 0.2) is 5.75 Å². The molecule has 2 heterocycles. The summed E-state index contributed by atoms with van der Waals surface area (Å²) in [5, 5.41) is 15.5. The second-order valence-corrected chi connectivity index (χ2v) is 9.89. The molecule has 41 heavy (non-hydrogen) atoms.